The average Bonchev–Trinajstić information content (AvgIpc) is 2.01. The third-order valence-corrected chi connectivity index (χ3v) is 2.50. The molecule has 0 aromatic heterocycles. The van der Waals surface area contributed by atoms with Gasteiger partial charge in [-0.15, -0.1) is 0 Å². The van der Waals surface area contributed by atoms with Gasteiger partial charge in [0.05, 0.1) is 0 Å². The number of hydrogen-bond acceptors (Lipinski definition) is 2. The van der Waals surface area contributed by atoms with Crippen molar-refractivity contribution in [1.29, 1.82) is 0 Å². The molecule has 0 aromatic rings. The smallest absolute Gasteiger partial charge is 0.333 e. The second-order valence-electron chi connectivity index (χ2n) is 4.08. The summed E-state index contributed by atoms with van der Waals surface area (Å²) in [6.45, 7) is 13.2. The molecule has 0 saturated heterocycles. The van der Waals surface area contributed by atoms with E-state index >= 15 is 0 Å². The van der Waals surface area contributed by atoms with Crippen LogP contribution in [0.4, 0.5) is 0 Å². The molecule has 0 fully saturated rings. The van der Waals surface area contributed by atoms with Gasteiger partial charge in [-0.05, 0) is 33.1 Å². The van der Waals surface area contributed by atoms with Crippen LogP contribution in [0.25, 0.3) is 0 Å². The molecule has 0 heterocycles. The number of rotatable bonds is 4. The lowest BCUT2D eigenvalue weighted by molar-refractivity contribution is -0.156. The summed E-state index contributed by atoms with van der Waals surface area (Å²) >= 11 is 0. The van der Waals surface area contributed by atoms with E-state index in [0.29, 0.717) is 11.5 Å². The molecule has 0 radical (unpaired) electrons. The molecular formula is C11H20O2. The quantitative estimate of drug-likeness (QED) is 0.496. The summed E-state index contributed by atoms with van der Waals surface area (Å²) in [6, 6.07) is 0. The second-order valence-corrected chi connectivity index (χ2v) is 4.08. The monoisotopic (exact) mass is 184 g/mol. The molecule has 1 atom stereocenters. The van der Waals surface area contributed by atoms with Crippen LogP contribution in [0.5, 0.6) is 0 Å². The minimum Gasteiger partial charge on any atom is -0.456 e. The normalized spacial score (nSPS) is 13.6. The zero-order valence-corrected chi connectivity index (χ0v) is 9.31. The van der Waals surface area contributed by atoms with Gasteiger partial charge in [0.2, 0.25) is 0 Å². The highest BCUT2D eigenvalue weighted by molar-refractivity contribution is 5.87. The van der Waals surface area contributed by atoms with Gasteiger partial charge in [0.25, 0.3) is 0 Å². The van der Waals surface area contributed by atoms with Crippen LogP contribution in [0, 0.1) is 5.92 Å². The van der Waals surface area contributed by atoms with Crippen LogP contribution in [0.2, 0.25) is 0 Å². The van der Waals surface area contributed by atoms with Crippen molar-refractivity contribution in [2.45, 2.75) is 46.6 Å². The van der Waals surface area contributed by atoms with E-state index in [1.165, 1.54) is 0 Å². The molecule has 2 heteroatoms. The fraction of sp³-hybridized carbons (Fsp3) is 0.727. The van der Waals surface area contributed by atoms with Gasteiger partial charge in [-0.25, -0.2) is 4.79 Å². The minimum absolute atomic E-state index is 0.301. The first kappa shape index (κ1) is 12.2. The molecule has 0 amide bonds. The number of carbonyl (C=O) groups excluding carboxylic acids is 1. The topological polar surface area (TPSA) is 26.3 Å². The Morgan fingerprint density at radius 3 is 2.31 bits per heavy atom. The van der Waals surface area contributed by atoms with Gasteiger partial charge in [-0.3, -0.25) is 0 Å². The summed E-state index contributed by atoms with van der Waals surface area (Å²) in [7, 11) is 0. The maximum atomic E-state index is 11.3. The second kappa shape index (κ2) is 4.45. The van der Waals surface area contributed by atoms with Crippen molar-refractivity contribution in [3.05, 3.63) is 12.2 Å². The molecule has 0 rings (SSSR count). The molecule has 76 valence electrons. The molecule has 0 bridgehead atoms. The molecule has 0 aliphatic rings. The number of hydrogen-bond donors (Lipinski definition) is 0. The lowest BCUT2D eigenvalue weighted by atomic mass is 9.90. The highest BCUT2D eigenvalue weighted by Gasteiger charge is 2.28. The van der Waals surface area contributed by atoms with Crippen LogP contribution in [0.1, 0.15) is 41.0 Å². The summed E-state index contributed by atoms with van der Waals surface area (Å²) in [6.07, 6.45) is 0.996. The van der Waals surface area contributed by atoms with Gasteiger partial charge in [0.1, 0.15) is 5.60 Å². The molecular weight excluding hydrogens is 164 g/mol. The molecule has 0 N–H and O–H groups in total. The zero-order chi connectivity index (χ0) is 10.6. The van der Waals surface area contributed by atoms with E-state index in [0.717, 1.165) is 6.42 Å². The molecule has 2 nitrogen and oxygen atoms in total. The van der Waals surface area contributed by atoms with Crippen LogP contribution in [0.15, 0.2) is 12.2 Å². The van der Waals surface area contributed by atoms with Crippen molar-refractivity contribution in [3.8, 4) is 0 Å². The van der Waals surface area contributed by atoms with Crippen LogP contribution < -0.4 is 0 Å². The first-order valence-corrected chi connectivity index (χ1v) is 4.70. The predicted octanol–water partition coefficient (Wildman–Crippen LogP) is 2.93. The van der Waals surface area contributed by atoms with Gasteiger partial charge >= 0.3 is 5.97 Å². The lowest BCUT2D eigenvalue weighted by Crippen LogP contribution is -2.35. The first-order valence-electron chi connectivity index (χ1n) is 4.70. The van der Waals surface area contributed by atoms with E-state index < -0.39 is 5.60 Å². The Labute approximate surface area is 81.0 Å². The Kier molecular flexibility index (Phi) is 4.18. The van der Waals surface area contributed by atoms with E-state index in [-0.39, 0.29) is 5.97 Å². The highest BCUT2D eigenvalue weighted by atomic mass is 16.6. The maximum absolute atomic E-state index is 11.3. The Balaban J connectivity index is 4.33. The van der Waals surface area contributed by atoms with Gasteiger partial charge in [0.15, 0.2) is 0 Å². The highest BCUT2D eigenvalue weighted by Crippen LogP contribution is 2.24. The van der Waals surface area contributed by atoms with Crippen LogP contribution in [-0.2, 0) is 9.53 Å². The molecule has 1 unspecified atom stereocenters. The SMILES string of the molecule is C=C(C)C(=O)OC(C)(C)C(C)CC. The van der Waals surface area contributed by atoms with Crippen molar-refractivity contribution >= 4 is 5.97 Å². The summed E-state index contributed by atoms with van der Waals surface area (Å²) in [5.74, 6) is 0.0566. The van der Waals surface area contributed by atoms with Crippen molar-refractivity contribution < 1.29 is 9.53 Å². The molecule has 0 saturated carbocycles. The Morgan fingerprint density at radius 1 is 1.54 bits per heavy atom. The Morgan fingerprint density at radius 2 is 2.00 bits per heavy atom. The van der Waals surface area contributed by atoms with Crippen LogP contribution in [-0.4, -0.2) is 11.6 Å². The molecule has 0 aliphatic carbocycles. The van der Waals surface area contributed by atoms with Crippen LogP contribution >= 0.6 is 0 Å². The molecule has 0 spiro atoms. The predicted molar refractivity (Wildman–Crippen MR) is 54.4 cm³/mol. The van der Waals surface area contributed by atoms with E-state index in [1.54, 1.807) is 6.92 Å². The summed E-state index contributed by atoms with van der Waals surface area (Å²) in [5, 5.41) is 0. The fourth-order valence-corrected chi connectivity index (χ4v) is 0.918. The Hall–Kier alpha value is -0.790. The first-order chi connectivity index (χ1) is 5.81. The van der Waals surface area contributed by atoms with Crippen LogP contribution in [0.3, 0.4) is 0 Å². The van der Waals surface area contributed by atoms with Crippen molar-refractivity contribution in [3.63, 3.8) is 0 Å². The Bertz CT molecular complexity index is 204. The maximum Gasteiger partial charge on any atom is 0.333 e. The van der Waals surface area contributed by atoms with E-state index in [9.17, 15) is 4.79 Å². The largest absolute Gasteiger partial charge is 0.456 e. The van der Waals surface area contributed by atoms with Crippen molar-refractivity contribution in [2.75, 3.05) is 0 Å². The standard InChI is InChI=1S/C11H20O2/c1-7-9(4)11(5,6)13-10(12)8(2)3/h9H,2,7H2,1,3-6H3. The van der Waals surface area contributed by atoms with Crippen molar-refractivity contribution in [2.24, 2.45) is 5.92 Å². The van der Waals surface area contributed by atoms with Gasteiger partial charge in [-0.2, -0.15) is 0 Å². The van der Waals surface area contributed by atoms with Crippen molar-refractivity contribution in [1.82, 2.24) is 0 Å². The number of esters is 1. The average molecular weight is 184 g/mol. The van der Waals surface area contributed by atoms with Gasteiger partial charge in [0, 0.05) is 5.57 Å². The summed E-state index contributed by atoms with van der Waals surface area (Å²) in [5.41, 5.74) is 0.0569. The number of carbonyl (C=O) groups is 1. The third-order valence-electron chi connectivity index (χ3n) is 2.50. The molecule has 0 aliphatic heterocycles. The van der Waals surface area contributed by atoms with E-state index in [2.05, 4.69) is 20.4 Å². The van der Waals surface area contributed by atoms with E-state index in [4.69, 9.17) is 4.74 Å². The summed E-state index contributed by atoms with van der Waals surface area (Å²) in [4.78, 5) is 11.3. The summed E-state index contributed by atoms with van der Waals surface area (Å²) < 4.78 is 5.31. The van der Waals surface area contributed by atoms with Gasteiger partial charge in [-0.1, -0.05) is 20.4 Å². The zero-order valence-electron chi connectivity index (χ0n) is 9.31. The fourth-order valence-electron chi connectivity index (χ4n) is 0.918. The minimum atomic E-state index is -0.398. The van der Waals surface area contributed by atoms with E-state index in [1.807, 2.05) is 13.8 Å². The molecule has 0 aromatic carbocycles. The lowest BCUT2D eigenvalue weighted by Gasteiger charge is -2.31. The van der Waals surface area contributed by atoms with Gasteiger partial charge < -0.3 is 4.74 Å². The number of ether oxygens (including phenoxy) is 1. The third kappa shape index (κ3) is 3.62. The molecule has 13 heavy (non-hydrogen) atoms.